The van der Waals surface area contributed by atoms with Crippen molar-refractivity contribution < 1.29 is 72.2 Å². The zero-order chi connectivity index (χ0) is 68.3. The minimum absolute atomic E-state index is 0.0728. The molecule has 0 unspecified atom stereocenters. The summed E-state index contributed by atoms with van der Waals surface area (Å²) in [6.45, 7) is 16.0. The highest BCUT2D eigenvalue weighted by Gasteiger charge is 2.29. The SMILES string of the molecule is CCCCCC(CCCCC)CCOC(=O)CCCCCCCC(=O)O.CCCCCC(CCCCC)CCOC(=O)CCCCCCCC(=O)O.CCCCCC(CCCCC)CCOC(=O)CCCCCCCC(=O)O[C@H]1CC[C@@H](COC(=O)CCN(C)C)O1. The highest BCUT2D eigenvalue weighted by atomic mass is 16.7. The number of unbranched alkanes of at least 4 members (excludes halogenated alkanes) is 24. The van der Waals surface area contributed by atoms with E-state index in [1.54, 1.807) is 0 Å². The number of carbonyl (C=O) groups is 7. The van der Waals surface area contributed by atoms with Crippen LogP contribution in [0.4, 0.5) is 0 Å². The third kappa shape index (κ3) is 66.2. The molecule has 1 rings (SSSR count). The lowest BCUT2D eigenvalue weighted by Crippen LogP contribution is -2.24. The third-order valence-corrected chi connectivity index (χ3v) is 17.5. The molecule has 0 saturated carbocycles. The molecule has 2 N–H and O–H groups in total. The van der Waals surface area contributed by atoms with Crippen LogP contribution >= 0.6 is 0 Å². The van der Waals surface area contributed by atoms with Crippen molar-refractivity contribution in [3.05, 3.63) is 0 Å². The van der Waals surface area contributed by atoms with E-state index in [9.17, 15) is 33.6 Å². The summed E-state index contributed by atoms with van der Waals surface area (Å²) in [7, 11) is 3.82. The van der Waals surface area contributed by atoms with Crippen LogP contribution in [0.15, 0.2) is 0 Å². The van der Waals surface area contributed by atoms with Crippen LogP contribution < -0.4 is 0 Å². The summed E-state index contributed by atoms with van der Waals surface area (Å²) in [5.41, 5.74) is 0. The molecule has 0 bridgehead atoms. The molecule has 0 aromatic carbocycles. The van der Waals surface area contributed by atoms with E-state index < -0.39 is 18.2 Å². The van der Waals surface area contributed by atoms with Gasteiger partial charge in [-0.2, -0.15) is 0 Å². The van der Waals surface area contributed by atoms with Gasteiger partial charge in [0, 0.05) is 51.5 Å². The number of carbonyl (C=O) groups excluding carboxylic acids is 5. The van der Waals surface area contributed by atoms with Gasteiger partial charge in [-0.05, 0) is 96.1 Å². The lowest BCUT2D eigenvalue weighted by Gasteiger charge is -2.16. The minimum Gasteiger partial charge on any atom is -0.481 e. The van der Waals surface area contributed by atoms with Crippen molar-refractivity contribution in [2.24, 2.45) is 17.8 Å². The van der Waals surface area contributed by atoms with Crippen LogP contribution in [0, 0.1) is 17.8 Å². The Hall–Kier alpha value is -3.79. The Kier molecular flexibility index (Phi) is 67.3. The molecule has 0 spiro atoms. The Labute approximate surface area is 562 Å². The molecule has 16 nitrogen and oxygen atoms in total. The molecular formula is C76H143NO15. The zero-order valence-electron chi connectivity index (χ0n) is 60.6. The number of carboxylic acid groups (broad SMARTS) is 2. The van der Waals surface area contributed by atoms with Gasteiger partial charge in [-0.3, -0.25) is 33.6 Å². The summed E-state index contributed by atoms with van der Waals surface area (Å²) < 4.78 is 32.8. The van der Waals surface area contributed by atoms with E-state index in [1.165, 1.54) is 154 Å². The van der Waals surface area contributed by atoms with Gasteiger partial charge in [-0.15, -0.1) is 0 Å². The molecule has 0 aliphatic carbocycles. The Balaban J connectivity index is 0. The van der Waals surface area contributed by atoms with E-state index in [-0.39, 0.29) is 55.4 Å². The fourth-order valence-corrected chi connectivity index (χ4v) is 11.5. The molecule has 92 heavy (non-hydrogen) atoms. The highest BCUT2D eigenvalue weighted by Crippen LogP contribution is 2.26. The monoisotopic (exact) mass is 1310 g/mol. The number of hydrogen-bond donors (Lipinski definition) is 2. The molecule has 0 radical (unpaired) electrons. The van der Waals surface area contributed by atoms with Gasteiger partial charge in [0.05, 0.1) is 32.3 Å². The maximum atomic E-state index is 12.1. The average Bonchev–Trinajstić information content (AvgIpc) is 3.42. The van der Waals surface area contributed by atoms with Crippen LogP contribution in [0.1, 0.15) is 369 Å². The number of hydrogen-bond acceptors (Lipinski definition) is 14. The lowest BCUT2D eigenvalue weighted by molar-refractivity contribution is -0.180. The summed E-state index contributed by atoms with van der Waals surface area (Å²) in [4.78, 5) is 82.4. The van der Waals surface area contributed by atoms with Gasteiger partial charge in [0.2, 0.25) is 6.29 Å². The average molecular weight is 1310 g/mol. The molecule has 1 heterocycles. The first-order valence-electron chi connectivity index (χ1n) is 38.1. The van der Waals surface area contributed by atoms with Gasteiger partial charge in [-0.25, -0.2) is 0 Å². The fraction of sp³-hybridized carbons (Fsp3) is 0.908. The van der Waals surface area contributed by atoms with Crippen molar-refractivity contribution >= 4 is 41.8 Å². The topological polar surface area (TPSA) is 219 Å². The molecule has 16 heteroatoms. The second-order valence-electron chi connectivity index (χ2n) is 26.7. The summed E-state index contributed by atoms with van der Waals surface area (Å²) in [5.74, 6) is -0.0794. The molecule has 542 valence electrons. The third-order valence-electron chi connectivity index (χ3n) is 17.5. The van der Waals surface area contributed by atoms with Crippen molar-refractivity contribution in [2.45, 2.75) is 381 Å². The smallest absolute Gasteiger partial charge is 0.308 e. The summed E-state index contributed by atoms with van der Waals surface area (Å²) >= 11 is 0. The van der Waals surface area contributed by atoms with E-state index in [0.29, 0.717) is 89.1 Å². The quantitative estimate of drug-likeness (QED) is 0.0329. The van der Waals surface area contributed by atoms with Crippen molar-refractivity contribution in [3.63, 3.8) is 0 Å². The number of esters is 5. The number of ether oxygens (including phenoxy) is 6. The molecule has 0 amide bonds. The van der Waals surface area contributed by atoms with Gasteiger partial charge in [0.25, 0.3) is 0 Å². The largest absolute Gasteiger partial charge is 0.481 e. The number of rotatable bonds is 63. The molecular weight excluding hydrogens is 1170 g/mol. The number of nitrogens with zero attached hydrogens (tertiary/aromatic N) is 1. The molecule has 0 aromatic heterocycles. The Morgan fingerprint density at radius 2 is 0.630 bits per heavy atom. The van der Waals surface area contributed by atoms with Gasteiger partial charge in [0.1, 0.15) is 6.61 Å². The predicted molar refractivity (Wildman–Crippen MR) is 372 cm³/mol. The summed E-state index contributed by atoms with van der Waals surface area (Å²) in [5, 5.41) is 17.1. The van der Waals surface area contributed by atoms with Crippen molar-refractivity contribution in [1.82, 2.24) is 4.90 Å². The van der Waals surface area contributed by atoms with Gasteiger partial charge < -0.3 is 43.5 Å². The summed E-state index contributed by atoms with van der Waals surface area (Å²) in [6, 6.07) is 0. The van der Waals surface area contributed by atoms with Crippen molar-refractivity contribution in [2.75, 3.05) is 47.1 Å². The predicted octanol–water partition coefficient (Wildman–Crippen LogP) is 20.0. The Morgan fingerprint density at radius 3 is 0.924 bits per heavy atom. The highest BCUT2D eigenvalue weighted by molar-refractivity contribution is 5.71. The van der Waals surface area contributed by atoms with Crippen LogP contribution in [0.2, 0.25) is 0 Å². The van der Waals surface area contributed by atoms with Crippen LogP contribution in [0.25, 0.3) is 0 Å². The van der Waals surface area contributed by atoms with Gasteiger partial charge in [0.15, 0.2) is 0 Å². The molecule has 2 atom stereocenters. The fourth-order valence-electron chi connectivity index (χ4n) is 11.5. The van der Waals surface area contributed by atoms with Crippen LogP contribution in [-0.4, -0.2) is 116 Å². The van der Waals surface area contributed by atoms with E-state index in [1.807, 2.05) is 19.0 Å². The van der Waals surface area contributed by atoms with E-state index in [0.717, 1.165) is 116 Å². The second-order valence-corrected chi connectivity index (χ2v) is 26.7. The van der Waals surface area contributed by atoms with E-state index >= 15 is 0 Å². The maximum Gasteiger partial charge on any atom is 0.308 e. The molecule has 1 aliphatic rings. The lowest BCUT2D eigenvalue weighted by atomic mass is 9.92. The van der Waals surface area contributed by atoms with Gasteiger partial charge >= 0.3 is 41.8 Å². The first kappa shape index (κ1) is 90.3. The van der Waals surface area contributed by atoms with Crippen LogP contribution in [0.3, 0.4) is 0 Å². The maximum absolute atomic E-state index is 12.1. The van der Waals surface area contributed by atoms with Gasteiger partial charge in [-0.1, -0.05) is 253 Å². The Morgan fingerprint density at radius 1 is 0.348 bits per heavy atom. The van der Waals surface area contributed by atoms with Crippen molar-refractivity contribution in [3.8, 4) is 0 Å². The number of aliphatic carboxylic acids is 2. The molecule has 1 fully saturated rings. The normalized spacial score (nSPS) is 13.6. The molecule has 1 aliphatic heterocycles. The zero-order valence-corrected chi connectivity index (χ0v) is 60.6. The van der Waals surface area contributed by atoms with E-state index in [4.69, 9.17) is 38.6 Å². The van der Waals surface area contributed by atoms with Crippen molar-refractivity contribution in [1.29, 1.82) is 0 Å². The standard InChI is InChI=1S/C32H59NO7.2C22H42O4/c1-5-7-12-16-27(17-13-8-6-2)23-25-37-29(34)18-14-10-9-11-15-19-31(36)40-32-21-20-28(39-32)26-38-30(35)22-24-33(3)4;2*1-3-5-10-14-20(15-11-6-4-2)18-19-26-22(25)17-13-9-7-8-12-16-21(23)24/h27-28,32H,5-26H2,1-4H3;2*20H,3-19H2,1-2H3,(H,23,24)/t28-,32-;;/m0../s1. The molecule has 1 saturated heterocycles. The number of carboxylic acids is 2. The molecule has 0 aromatic rings. The van der Waals surface area contributed by atoms with Crippen LogP contribution in [-0.2, 0) is 62.0 Å². The summed E-state index contributed by atoms with van der Waals surface area (Å²) in [6.07, 6.45) is 50.3. The second kappa shape index (κ2) is 68.6. The minimum atomic E-state index is -0.726. The first-order chi connectivity index (χ1) is 44.5. The Bertz CT molecular complexity index is 1630. The van der Waals surface area contributed by atoms with Crippen LogP contribution in [0.5, 0.6) is 0 Å². The van der Waals surface area contributed by atoms with E-state index in [2.05, 4.69) is 41.5 Å². The first-order valence-corrected chi connectivity index (χ1v) is 38.1.